The van der Waals surface area contributed by atoms with Crippen molar-refractivity contribution in [1.29, 1.82) is 0 Å². The van der Waals surface area contributed by atoms with Gasteiger partial charge in [-0.15, -0.1) is 11.3 Å². The molecule has 28 heavy (non-hydrogen) atoms. The van der Waals surface area contributed by atoms with E-state index in [1.165, 1.54) is 0 Å². The van der Waals surface area contributed by atoms with Gasteiger partial charge in [-0.05, 0) is 13.3 Å². The Morgan fingerprint density at radius 3 is 2.71 bits per heavy atom. The van der Waals surface area contributed by atoms with Crippen LogP contribution in [0.5, 0.6) is 0 Å². The van der Waals surface area contributed by atoms with Crippen molar-refractivity contribution in [3.05, 3.63) is 64.5 Å². The molecule has 0 aliphatic carbocycles. The zero-order valence-electron chi connectivity index (χ0n) is 15.9. The summed E-state index contributed by atoms with van der Waals surface area (Å²) in [6.45, 7) is 5.94. The normalized spacial score (nSPS) is 15.4. The van der Waals surface area contributed by atoms with Gasteiger partial charge in [-0.2, -0.15) is 0 Å². The van der Waals surface area contributed by atoms with Crippen LogP contribution in [0.3, 0.4) is 0 Å². The first kappa shape index (κ1) is 18.7. The van der Waals surface area contributed by atoms with Crippen LogP contribution < -0.4 is 0 Å². The summed E-state index contributed by atoms with van der Waals surface area (Å²) >= 11 is 1.70. The average molecular weight is 394 g/mol. The number of benzene rings is 1. The minimum atomic E-state index is -0.0324. The fourth-order valence-corrected chi connectivity index (χ4v) is 4.16. The SMILES string of the molecule is Cc1cnc(C(=O)N2CCCN(Cc3nc(-c4ccccc4)cs3)CC2)cn1. The Kier molecular flexibility index (Phi) is 5.73. The van der Waals surface area contributed by atoms with E-state index in [0.29, 0.717) is 12.2 Å². The zero-order valence-corrected chi connectivity index (χ0v) is 16.7. The molecule has 6 nitrogen and oxygen atoms in total. The van der Waals surface area contributed by atoms with Crippen molar-refractivity contribution >= 4 is 17.2 Å². The predicted molar refractivity (Wildman–Crippen MR) is 110 cm³/mol. The molecule has 1 saturated heterocycles. The maximum atomic E-state index is 12.7. The van der Waals surface area contributed by atoms with E-state index in [0.717, 1.165) is 54.6 Å². The number of carbonyl (C=O) groups is 1. The quantitative estimate of drug-likeness (QED) is 0.681. The van der Waals surface area contributed by atoms with E-state index < -0.39 is 0 Å². The molecule has 0 bridgehead atoms. The average Bonchev–Trinajstić information content (AvgIpc) is 3.07. The Morgan fingerprint density at radius 2 is 1.93 bits per heavy atom. The predicted octanol–water partition coefficient (Wildman–Crippen LogP) is 3.26. The van der Waals surface area contributed by atoms with Gasteiger partial charge in [0.25, 0.3) is 5.91 Å². The van der Waals surface area contributed by atoms with Crippen molar-refractivity contribution in [3.8, 4) is 11.3 Å². The van der Waals surface area contributed by atoms with Gasteiger partial charge in [-0.1, -0.05) is 30.3 Å². The number of amides is 1. The molecule has 2 aromatic heterocycles. The first-order chi connectivity index (χ1) is 13.7. The van der Waals surface area contributed by atoms with Crippen LogP contribution in [0.4, 0.5) is 0 Å². The van der Waals surface area contributed by atoms with Crippen molar-refractivity contribution in [2.24, 2.45) is 0 Å². The van der Waals surface area contributed by atoms with Crippen molar-refractivity contribution in [3.63, 3.8) is 0 Å². The lowest BCUT2D eigenvalue weighted by atomic mass is 10.2. The minimum absolute atomic E-state index is 0.0324. The van der Waals surface area contributed by atoms with Gasteiger partial charge in [0, 0.05) is 43.3 Å². The smallest absolute Gasteiger partial charge is 0.274 e. The molecule has 1 fully saturated rings. The van der Waals surface area contributed by atoms with Crippen LogP contribution >= 0.6 is 11.3 Å². The summed E-state index contributed by atoms with van der Waals surface area (Å²) in [5.74, 6) is -0.0324. The molecular formula is C21H23N5OS. The van der Waals surface area contributed by atoms with Gasteiger partial charge in [-0.25, -0.2) is 9.97 Å². The van der Waals surface area contributed by atoms with Gasteiger partial charge >= 0.3 is 0 Å². The highest BCUT2D eigenvalue weighted by molar-refractivity contribution is 7.09. The van der Waals surface area contributed by atoms with Crippen LogP contribution in [0.15, 0.2) is 48.1 Å². The highest BCUT2D eigenvalue weighted by Crippen LogP contribution is 2.22. The van der Waals surface area contributed by atoms with Crippen LogP contribution in [-0.2, 0) is 6.54 Å². The molecule has 0 unspecified atom stereocenters. The van der Waals surface area contributed by atoms with Crippen LogP contribution in [-0.4, -0.2) is 56.8 Å². The largest absolute Gasteiger partial charge is 0.336 e. The number of hydrogen-bond donors (Lipinski definition) is 0. The van der Waals surface area contributed by atoms with Gasteiger partial charge < -0.3 is 4.90 Å². The lowest BCUT2D eigenvalue weighted by molar-refractivity contribution is 0.0754. The first-order valence-corrected chi connectivity index (χ1v) is 10.4. The Bertz CT molecular complexity index is 925. The third-order valence-electron chi connectivity index (χ3n) is 4.86. The van der Waals surface area contributed by atoms with Crippen LogP contribution in [0, 0.1) is 6.92 Å². The number of aromatic nitrogens is 3. The Labute approximate surface area is 168 Å². The number of rotatable bonds is 4. The standard InChI is InChI=1S/C21H23N5OS/c1-16-12-23-18(13-22-16)21(27)26-9-5-8-25(10-11-26)14-20-24-19(15-28-20)17-6-3-2-4-7-17/h2-4,6-7,12-13,15H,5,8-11,14H2,1H3. The molecule has 0 spiro atoms. The second-order valence-electron chi connectivity index (χ2n) is 6.96. The Morgan fingerprint density at radius 1 is 1.07 bits per heavy atom. The molecule has 0 atom stereocenters. The van der Waals surface area contributed by atoms with E-state index in [-0.39, 0.29) is 5.91 Å². The van der Waals surface area contributed by atoms with Crippen molar-refractivity contribution < 1.29 is 4.79 Å². The fourth-order valence-electron chi connectivity index (χ4n) is 3.31. The number of hydrogen-bond acceptors (Lipinski definition) is 6. The van der Waals surface area contributed by atoms with Gasteiger partial charge in [-0.3, -0.25) is 14.7 Å². The molecule has 4 rings (SSSR count). The van der Waals surface area contributed by atoms with E-state index in [1.54, 1.807) is 23.7 Å². The zero-order chi connectivity index (χ0) is 19.3. The van der Waals surface area contributed by atoms with Crippen molar-refractivity contribution in [1.82, 2.24) is 24.8 Å². The molecular weight excluding hydrogens is 370 g/mol. The number of thiazole rings is 1. The van der Waals surface area contributed by atoms with Crippen LogP contribution in [0.25, 0.3) is 11.3 Å². The summed E-state index contributed by atoms with van der Waals surface area (Å²) in [6, 6.07) is 10.3. The summed E-state index contributed by atoms with van der Waals surface area (Å²) in [5, 5.41) is 3.23. The molecule has 1 aliphatic rings. The maximum Gasteiger partial charge on any atom is 0.274 e. The molecule has 3 heterocycles. The Balaban J connectivity index is 1.36. The molecule has 1 amide bonds. The van der Waals surface area contributed by atoms with Gasteiger partial charge in [0.1, 0.15) is 10.7 Å². The van der Waals surface area contributed by atoms with Gasteiger partial charge in [0.15, 0.2) is 0 Å². The van der Waals surface area contributed by atoms with Gasteiger partial charge in [0.05, 0.1) is 24.1 Å². The van der Waals surface area contributed by atoms with Gasteiger partial charge in [0.2, 0.25) is 0 Å². The van der Waals surface area contributed by atoms with E-state index in [2.05, 4.69) is 32.4 Å². The van der Waals surface area contributed by atoms with Crippen molar-refractivity contribution in [2.75, 3.05) is 26.2 Å². The van der Waals surface area contributed by atoms with Crippen LogP contribution in [0.2, 0.25) is 0 Å². The summed E-state index contributed by atoms with van der Waals surface area (Å²) in [4.78, 5) is 30.2. The molecule has 0 N–H and O–H groups in total. The topological polar surface area (TPSA) is 62.2 Å². The summed E-state index contributed by atoms with van der Waals surface area (Å²) in [6.07, 6.45) is 4.16. The monoisotopic (exact) mass is 393 g/mol. The molecule has 0 saturated carbocycles. The molecule has 144 valence electrons. The molecule has 7 heteroatoms. The first-order valence-electron chi connectivity index (χ1n) is 9.49. The third-order valence-corrected chi connectivity index (χ3v) is 5.69. The summed E-state index contributed by atoms with van der Waals surface area (Å²) in [5.41, 5.74) is 3.42. The second-order valence-corrected chi connectivity index (χ2v) is 7.90. The highest BCUT2D eigenvalue weighted by atomic mass is 32.1. The highest BCUT2D eigenvalue weighted by Gasteiger charge is 2.22. The Hall–Kier alpha value is -2.64. The molecule has 1 aliphatic heterocycles. The number of carbonyl (C=O) groups excluding carboxylic acids is 1. The van der Waals surface area contributed by atoms with Crippen LogP contribution in [0.1, 0.15) is 27.6 Å². The number of nitrogens with zero attached hydrogens (tertiary/aromatic N) is 5. The summed E-state index contributed by atoms with van der Waals surface area (Å²) < 4.78 is 0. The molecule has 0 radical (unpaired) electrons. The van der Waals surface area contributed by atoms with E-state index in [9.17, 15) is 4.79 Å². The van der Waals surface area contributed by atoms with Crippen molar-refractivity contribution in [2.45, 2.75) is 19.9 Å². The molecule has 1 aromatic carbocycles. The second kappa shape index (κ2) is 8.58. The van der Waals surface area contributed by atoms with E-state index in [4.69, 9.17) is 4.98 Å². The maximum absolute atomic E-state index is 12.7. The third kappa shape index (κ3) is 4.43. The molecule has 3 aromatic rings. The summed E-state index contributed by atoms with van der Waals surface area (Å²) in [7, 11) is 0. The lowest BCUT2D eigenvalue weighted by Gasteiger charge is -2.21. The fraction of sp³-hybridized carbons (Fsp3) is 0.333. The van der Waals surface area contributed by atoms with E-state index >= 15 is 0 Å². The van der Waals surface area contributed by atoms with E-state index in [1.807, 2.05) is 30.0 Å². The number of aryl methyl sites for hydroxylation is 1. The lowest BCUT2D eigenvalue weighted by Crippen LogP contribution is -2.35. The minimum Gasteiger partial charge on any atom is -0.336 e.